The van der Waals surface area contributed by atoms with Crippen LogP contribution in [-0.4, -0.2) is 49.0 Å². The molecule has 3 N–H and O–H groups in total. The molecule has 1 heterocycles. The van der Waals surface area contributed by atoms with E-state index in [-0.39, 0.29) is 24.4 Å². The van der Waals surface area contributed by atoms with Crippen molar-refractivity contribution < 1.29 is 14.6 Å². The van der Waals surface area contributed by atoms with E-state index in [9.17, 15) is 9.90 Å². The molecule has 2 aliphatic rings. The molecule has 1 saturated carbocycles. The summed E-state index contributed by atoms with van der Waals surface area (Å²) < 4.78 is 5.81. The van der Waals surface area contributed by atoms with E-state index in [0.717, 1.165) is 12.8 Å². The summed E-state index contributed by atoms with van der Waals surface area (Å²) in [6, 6.07) is -0.243. The van der Waals surface area contributed by atoms with Crippen LogP contribution in [0.4, 0.5) is 0 Å². The summed E-state index contributed by atoms with van der Waals surface area (Å²) in [6.07, 6.45) is 7.99. The Bertz CT molecular complexity index is 284. The molecular formula is C14H27ClN2O3. The van der Waals surface area contributed by atoms with Crippen LogP contribution >= 0.6 is 12.4 Å². The van der Waals surface area contributed by atoms with Crippen molar-refractivity contribution in [3.8, 4) is 0 Å². The van der Waals surface area contributed by atoms with Gasteiger partial charge in [0.25, 0.3) is 0 Å². The van der Waals surface area contributed by atoms with E-state index < -0.39 is 6.10 Å². The Hall–Kier alpha value is -0.360. The molecule has 6 heteroatoms. The molecule has 118 valence electrons. The normalized spacial score (nSPS) is 27.6. The fraction of sp³-hybridized carbons (Fsp3) is 0.929. The minimum absolute atomic E-state index is 0. The molecule has 2 fully saturated rings. The van der Waals surface area contributed by atoms with Gasteiger partial charge < -0.3 is 20.5 Å². The monoisotopic (exact) mass is 306 g/mol. The Morgan fingerprint density at radius 1 is 1.25 bits per heavy atom. The number of β-amino-alcohol motifs (C(OH)–C–C–N with tert-alkyl or cyclic N) is 1. The van der Waals surface area contributed by atoms with Gasteiger partial charge in [-0.2, -0.15) is 0 Å². The van der Waals surface area contributed by atoms with Gasteiger partial charge in [0.1, 0.15) is 0 Å². The van der Waals surface area contributed by atoms with Crippen LogP contribution in [0.3, 0.4) is 0 Å². The number of carbonyl (C=O) groups is 1. The number of ether oxygens (including phenoxy) is 1. The Balaban J connectivity index is 0.00000200. The van der Waals surface area contributed by atoms with Gasteiger partial charge in [0, 0.05) is 13.1 Å². The average Bonchev–Trinajstić information content (AvgIpc) is 2.68. The predicted octanol–water partition coefficient (Wildman–Crippen LogP) is 0.987. The van der Waals surface area contributed by atoms with Gasteiger partial charge in [0.05, 0.1) is 24.9 Å². The molecule has 20 heavy (non-hydrogen) atoms. The van der Waals surface area contributed by atoms with Crippen LogP contribution in [0.15, 0.2) is 0 Å². The zero-order valence-corrected chi connectivity index (χ0v) is 12.8. The average molecular weight is 307 g/mol. The molecule has 1 saturated heterocycles. The Morgan fingerprint density at radius 3 is 2.55 bits per heavy atom. The van der Waals surface area contributed by atoms with E-state index in [1.165, 1.54) is 25.7 Å². The lowest BCUT2D eigenvalue weighted by molar-refractivity contribution is -0.123. The van der Waals surface area contributed by atoms with Crippen molar-refractivity contribution in [1.82, 2.24) is 10.6 Å². The quantitative estimate of drug-likeness (QED) is 0.523. The van der Waals surface area contributed by atoms with Gasteiger partial charge in [-0.3, -0.25) is 4.79 Å². The lowest BCUT2D eigenvalue weighted by Gasteiger charge is -2.16. The molecule has 0 aromatic carbocycles. The highest BCUT2D eigenvalue weighted by Crippen LogP contribution is 2.19. The first kappa shape index (κ1) is 17.7. The molecule has 1 aliphatic heterocycles. The van der Waals surface area contributed by atoms with Gasteiger partial charge in [-0.25, -0.2) is 0 Å². The zero-order valence-electron chi connectivity index (χ0n) is 12.0. The molecule has 0 bridgehead atoms. The topological polar surface area (TPSA) is 70.6 Å². The van der Waals surface area contributed by atoms with Gasteiger partial charge in [0.2, 0.25) is 5.91 Å². The van der Waals surface area contributed by atoms with Crippen molar-refractivity contribution in [1.29, 1.82) is 0 Å². The number of halogens is 1. The second-order valence-corrected chi connectivity index (χ2v) is 5.63. The standard InChI is InChI=1S/C14H26N2O3.ClH/c17-11-9-13(16-10-11)14(18)15-7-8-19-12-5-3-1-2-4-6-12;/h11-13,16-17H,1-10H2,(H,15,18);1H. The van der Waals surface area contributed by atoms with Crippen LogP contribution in [-0.2, 0) is 9.53 Å². The molecule has 2 atom stereocenters. The number of hydrogen-bond donors (Lipinski definition) is 3. The summed E-state index contributed by atoms with van der Waals surface area (Å²) in [6.45, 7) is 1.66. The number of aliphatic hydroxyl groups excluding tert-OH is 1. The summed E-state index contributed by atoms with van der Waals surface area (Å²) >= 11 is 0. The van der Waals surface area contributed by atoms with Crippen molar-refractivity contribution in [2.24, 2.45) is 0 Å². The fourth-order valence-corrected chi connectivity index (χ4v) is 2.85. The molecule has 1 amide bonds. The van der Waals surface area contributed by atoms with Crippen LogP contribution in [0.5, 0.6) is 0 Å². The van der Waals surface area contributed by atoms with Crippen molar-refractivity contribution in [3.63, 3.8) is 0 Å². The van der Waals surface area contributed by atoms with Crippen molar-refractivity contribution >= 4 is 18.3 Å². The highest BCUT2D eigenvalue weighted by molar-refractivity contribution is 5.85. The van der Waals surface area contributed by atoms with Gasteiger partial charge in [-0.1, -0.05) is 25.7 Å². The third-order valence-corrected chi connectivity index (χ3v) is 3.98. The fourth-order valence-electron chi connectivity index (χ4n) is 2.85. The van der Waals surface area contributed by atoms with Gasteiger partial charge in [-0.05, 0) is 19.3 Å². The van der Waals surface area contributed by atoms with Crippen molar-refractivity contribution in [3.05, 3.63) is 0 Å². The SMILES string of the molecule is Cl.O=C(NCCOC1CCCCCC1)C1CC(O)CN1. The number of amides is 1. The maximum Gasteiger partial charge on any atom is 0.237 e. The molecule has 0 aromatic rings. The zero-order chi connectivity index (χ0) is 13.5. The van der Waals surface area contributed by atoms with Gasteiger partial charge >= 0.3 is 0 Å². The lowest BCUT2D eigenvalue weighted by Crippen LogP contribution is -2.41. The smallest absolute Gasteiger partial charge is 0.237 e. The minimum atomic E-state index is -0.391. The number of hydrogen-bond acceptors (Lipinski definition) is 4. The third kappa shape index (κ3) is 5.95. The van der Waals surface area contributed by atoms with Crippen molar-refractivity contribution in [2.75, 3.05) is 19.7 Å². The summed E-state index contributed by atoms with van der Waals surface area (Å²) in [7, 11) is 0. The summed E-state index contributed by atoms with van der Waals surface area (Å²) in [5.74, 6) is -0.0268. The first-order valence-electron chi connectivity index (χ1n) is 7.56. The molecule has 5 nitrogen and oxygen atoms in total. The molecule has 0 spiro atoms. The van der Waals surface area contributed by atoms with E-state index in [1.54, 1.807) is 0 Å². The summed E-state index contributed by atoms with van der Waals surface area (Å²) in [4.78, 5) is 11.8. The molecule has 0 radical (unpaired) electrons. The number of aliphatic hydroxyl groups is 1. The van der Waals surface area contributed by atoms with Gasteiger partial charge in [-0.15, -0.1) is 12.4 Å². The van der Waals surface area contributed by atoms with Gasteiger partial charge in [0.15, 0.2) is 0 Å². The molecule has 2 unspecified atom stereocenters. The van der Waals surface area contributed by atoms with Crippen LogP contribution in [0.1, 0.15) is 44.9 Å². The molecular weight excluding hydrogens is 280 g/mol. The Kier molecular flexibility index (Phi) is 8.45. The minimum Gasteiger partial charge on any atom is -0.392 e. The molecule has 0 aromatic heterocycles. The maximum atomic E-state index is 11.8. The van der Waals surface area contributed by atoms with Crippen molar-refractivity contribution in [2.45, 2.75) is 63.2 Å². The van der Waals surface area contributed by atoms with E-state index in [4.69, 9.17) is 4.74 Å². The Morgan fingerprint density at radius 2 is 1.95 bits per heavy atom. The highest BCUT2D eigenvalue weighted by atomic mass is 35.5. The first-order chi connectivity index (χ1) is 9.25. The van der Waals surface area contributed by atoms with E-state index >= 15 is 0 Å². The van der Waals surface area contributed by atoms with E-state index in [2.05, 4.69) is 10.6 Å². The summed E-state index contributed by atoms with van der Waals surface area (Å²) in [5, 5.41) is 15.2. The highest BCUT2D eigenvalue weighted by Gasteiger charge is 2.27. The second kappa shape index (κ2) is 9.55. The second-order valence-electron chi connectivity index (χ2n) is 5.63. The maximum absolute atomic E-state index is 11.8. The lowest BCUT2D eigenvalue weighted by atomic mass is 10.1. The van der Waals surface area contributed by atoms with E-state index in [1.807, 2.05) is 0 Å². The Labute approximate surface area is 127 Å². The largest absolute Gasteiger partial charge is 0.392 e. The first-order valence-corrected chi connectivity index (χ1v) is 7.56. The van der Waals surface area contributed by atoms with Crippen LogP contribution < -0.4 is 10.6 Å². The number of carbonyl (C=O) groups excluding carboxylic acids is 1. The third-order valence-electron chi connectivity index (χ3n) is 3.98. The van der Waals surface area contributed by atoms with Crippen LogP contribution in [0.25, 0.3) is 0 Å². The summed E-state index contributed by atoms with van der Waals surface area (Å²) in [5.41, 5.74) is 0. The predicted molar refractivity (Wildman–Crippen MR) is 80.1 cm³/mol. The number of nitrogens with one attached hydrogen (secondary N) is 2. The van der Waals surface area contributed by atoms with Crippen LogP contribution in [0.2, 0.25) is 0 Å². The number of rotatable bonds is 5. The molecule has 2 rings (SSSR count). The molecule has 1 aliphatic carbocycles. The van der Waals surface area contributed by atoms with Crippen LogP contribution in [0, 0.1) is 0 Å². The van der Waals surface area contributed by atoms with E-state index in [0.29, 0.717) is 32.2 Å².